The number of aromatic nitrogens is 2. The molecule has 0 spiro atoms. The van der Waals surface area contributed by atoms with Crippen LogP contribution in [0.5, 0.6) is 0 Å². The molecule has 0 aliphatic heterocycles. The lowest BCUT2D eigenvalue weighted by Gasteiger charge is -2.02. The second kappa shape index (κ2) is 4.49. The van der Waals surface area contributed by atoms with E-state index in [0.717, 1.165) is 0 Å². The Morgan fingerprint density at radius 2 is 2.46 bits per heavy atom. The van der Waals surface area contributed by atoms with Crippen LogP contribution in [-0.2, 0) is 11.8 Å². The highest BCUT2D eigenvalue weighted by Crippen LogP contribution is 1.98. The van der Waals surface area contributed by atoms with Crippen molar-refractivity contribution < 1.29 is 4.79 Å². The molecule has 1 rings (SSSR count). The van der Waals surface area contributed by atoms with E-state index in [1.807, 2.05) is 26.2 Å². The summed E-state index contributed by atoms with van der Waals surface area (Å²) in [6.45, 7) is 2.81. The van der Waals surface area contributed by atoms with Gasteiger partial charge in [-0.1, -0.05) is 0 Å². The number of amides is 1. The van der Waals surface area contributed by atoms with Crippen LogP contribution in [0.25, 0.3) is 0 Å². The van der Waals surface area contributed by atoms with Crippen molar-refractivity contribution in [3.8, 4) is 0 Å². The number of likely N-dealkylation sites (N-methyl/N-ethyl adjacent to an activating group) is 1. The normalized spacial score (nSPS) is 9.69. The molecule has 0 atom stereocenters. The van der Waals surface area contributed by atoms with Crippen LogP contribution in [0.15, 0.2) is 12.3 Å². The Hall–Kier alpha value is -1.52. The number of hydrogen-bond acceptors (Lipinski definition) is 3. The molecule has 0 radical (unpaired) electrons. The van der Waals surface area contributed by atoms with Crippen LogP contribution >= 0.6 is 0 Å². The van der Waals surface area contributed by atoms with Crippen molar-refractivity contribution in [2.24, 2.45) is 7.05 Å². The van der Waals surface area contributed by atoms with E-state index in [-0.39, 0.29) is 12.5 Å². The molecular weight excluding hydrogens is 168 g/mol. The molecule has 1 aromatic heterocycles. The van der Waals surface area contributed by atoms with E-state index in [0.29, 0.717) is 12.4 Å². The van der Waals surface area contributed by atoms with Gasteiger partial charge in [-0.25, -0.2) is 0 Å². The van der Waals surface area contributed by atoms with Crippen molar-refractivity contribution in [3.63, 3.8) is 0 Å². The summed E-state index contributed by atoms with van der Waals surface area (Å²) in [5.74, 6) is 0.696. The Balaban J connectivity index is 2.30. The number of rotatable bonds is 4. The van der Waals surface area contributed by atoms with Gasteiger partial charge in [0.2, 0.25) is 5.91 Å². The van der Waals surface area contributed by atoms with Crippen LogP contribution in [-0.4, -0.2) is 28.8 Å². The molecule has 1 aromatic rings. The lowest BCUT2D eigenvalue weighted by Crippen LogP contribution is -2.29. The summed E-state index contributed by atoms with van der Waals surface area (Å²) in [4.78, 5) is 11.0. The zero-order valence-corrected chi connectivity index (χ0v) is 7.87. The van der Waals surface area contributed by atoms with Gasteiger partial charge >= 0.3 is 0 Å². The third-order valence-electron chi connectivity index (χ3n) is 1.52. The Bertz CT molecular complexity index is 281. The molecule has 13 heavy (non-hydrogen) atoms. The maximum Gasteiger partial charge on any atom is 0.239 e. The lowest BCUT2D eigenvalue weighted by molar-refractivity contribution is -0.119. The molecule has 5 nitrogen and oxygen atoms in total. The molecule has 0 aliphatic rings. The number of carbonyl (C=O) groups excluding carboxylic acids is 1. The van der Waals surface area contributed by atoms with Crippen LogP contribution in [0.3, 0.4) is 0 Å². The molecule has 1 amide bonds. The molecule has 0 aliphatic carbocycles. The van der Waals surface area contributed by atoms with E-state index in [1.54, 1.807) is 4.68 Å². The van der Waals surface area contributed by atoms with Crippen molar-refractivity contribution in [2.45, 2.75) is 6.92 Å². The van der Waals surface area contributed by atoms with E-state index in [2.05, 4.69) is 15.7 Å². The maximum absolute atomic E-state index is 11.0. The number of nitrogens with zero attached hydrogens (tertiary/aromatic N) is 2. The Morgan fingerprint density at radius 3 is 3.00 bits per heavy atom. The summed E-state index contributed by atoms with van der Waals surface area (Å²) in [7, 11) is 1.83. The molecule has 0 bridgehead atoms. The molecule has 0 saturated heterocycles. The summed E-state index contributed by atoms with van der Waals surface area (Å²) in [5.41, 5.74) is 0. The van der Waals surface area contributed by atoms with Crippen molar-refractivity contribution >= 4 is 11.7 Å². The van der Waals surface area contributed by atoms with Gasteiger partial charge in [-0.2, -0.15) is 5.10 Å². The summed E-state index contributed by atoms with van der Waals surface area (Å²) in [6.07, 6.45) is 1.82. The van der Waals surface area contributed by atoms with Crippen LogP contribution in [0.4, 0.5) is 5.82 Å². The first-order valence-corrected chi connectivity index (χ1v) is 4.22. The van der Waals surface area contributed by atoms with Crippen LogP contribution in [0.1, 0.15) is 6.92 Å². The first kappa shape index (κ1) is 9.57. The number of aryl methyl sites for hydroxylation is 1. The molecule has 2 N–H and O–H groups in total. The minimum atomic E-state index is -0.0202. The third kappa shape index (κ3) is 3.14. The van der Waals surface area contributed by atoms with Gasteiger partial charge < -0.3 is 10.6 Å². The predicted octanol–water partition coefficient (Wildman–Crippen LogP) is -0.0319. The fraction of sp³-hybridized carbons (Fsp3) is 0.500. The molecule has 5 heteroatoms. The molecule has 0 aromatic carbocycles. The Kier molecular flexibility index (Phi) is 3.31. The second-order valence-corrected chi connectivity index (χ2v) is 2.68. The first-order valence-electron chi connectivity index (χ1n) is 4.22. The zero-order chi connectivity index (χ0) is 9.68. The second-order valence-electron chi connectivity index (χ2n) is 2.68. The van der Waals surface area contributed by atoms with Gasteiger partial charge in [0.05, 0.1) is 6.54 Å². The van der Waals surface area contributed by atoms with Crippen molar-refractivity contribution in [1.82, 2.24) is 15.1 Å². The van der Waals surface area contributed by atoms with Gasteiger partial charge in [0.1, 0.15) is 5.82 Å². The lowest BCUT2D eigenvalue weighted by atomic mass is 10.5. The van der Waals surface area contributed by atoms with Gasteiger partial charge in [-0.3, -0.25) is 9.48 Å². The van der Waals surface area contributed by atoms with Crippen molar-refractivity contribution in [3.05, 3.63) is 12.3 Å². The minimum absolute atomic E-state index is 0.0202. The SMILES string of the molecule is CCNC(=O)CNc1ccn(C)n1. The van der Waals surface area contributed by atoms with E-state index >= 15 is 0 Å². The summed E-state index contributed by atoms with van der Waals surface area (Å²) < 4.78 is 1.68. The van der Waals surface area contributed by atoms with E-state index in [4.69, 9.17) is 0 Å². The monoisotopic (exact) mass is 182 g/mol. The highest BCUT2D eigenvalue weighted by molar-refractivity contribution is 5.80. The average molecular weight is 182 g/mol. The van der Waals surface area contributed by atoms with E-state index < -0.39 is 0 Å². The van der Waals surface area contributed by atoms with Crippen LogP contribution < -0.4 is 10.6 Å². The molecule has 1 heterocycles. The number of anilines is 1. The summed E-state index contributed by atoms with van der Waals surface area (Å²) in [6, 6.07) is 1.82. The summed E-state index contributed by atoms with van der Waals surface area (Å²) in [5, 5.41) is 9.66. The molecule has 72 valence electrons. The molecular formula is C8H14N4O. The van der Waals surface area contributed by atoms with Crippen LogP contribution in [0, 0.1) is 0 Å². The Labute approximate surface area is 77.1 Å². The summed E-state index contributed by atoms with van der Waals surface area (Å²) >= 11 is 0. The van der Waals surface area contributed by atoms with Gasteiger partial charge in [0.25, 0.3) is 0 Å². The average Bonchev–Trinajstić information content (AvgIpc) is 2.49. The van der Waals surface area contributed by atoms with Crippen molar-refractivity contribution in [2.75, 3.05) is 18.4 Å². The predicted molar refractivity (Wildman–Crippen MR) is 50.4 cm³/mol. The number of nitrogens with one attached hydrogen (secondary N) is 2. The number of carbonyl (C=O) groups is 1. The zero-order valence-electron chi connectivity index (χ0n) is 7.87. The molecule has 0 saturated carbocycles. The fourth-order valence-corrected chi connectivity index (χ4v) is 0.940. The fourth-order valence-electron chi connectivity index (χ4n) is 0.940. The topological polar surface area (TPSA) is 59.0 Å². The largest absolute Gasteiger partial charge is 0.360 e. The third-order valence-corrected chi connectivity index (χ3v) is 1.52. The van der Waals surface area contributed by atoms with Gasteiger partial charge in [0.15, 0.2) is 0 Å². The first-order chi connectivity index (χ1) is 6.22. The van der Waals surface area contributed by atoms with Gasteiger partial charge in [-0.05, 0) is 6.92 Å². The maximum atomic E-state index is 11.0. The standard InChI is InChI=1S/C8H14N4O/c1-3-9-8(13)6-10-7-4-5-12(2)11-7/h4-5H,3,6H2,1-2H3,(H,9,13)(H,10,11). The van der Waals surface area contributed by atoms with Crippen molar-refractivity contribution in [1.29, 1.82) is 0 Å². The quantitative estimate of drug-likeness (QED) is 0.687. The van der Waals surface area contributed by atoms with Gasteiger partial charge in [-0.15, -0.1) is 0 Å². The Morgan fingerprint density at radius 1 is 1.69 bits per heavy atom. The van der Waals surface area contributed by atoms with E-state index in [9.17, 15) is 4.79 Å². The molecule has 0 fully saturated rings. The number of hydrogen-bond donors (Lipinski definition) is 2. The molecule has 0 unspecified atom stereocenters. The highest BCUT2D eigenvalue weighted by atomic mass is 16.1. The van der Waals surface area contributed by atoms with Crippen LogP contribution in [0.2, 0.25) is 0 Å². The smallest absolute Gasteiger partial charge is 0.239 e. The highest BCUT2D eigenvalue weighted by Gasteiger charge is 1.99. The van der Waals surface area contributed by atoms with Gasteiger partial charge in [0, 0.05) is 25.9 Å². The minimum Gasteiger partial charge on any atom is -0.360 e. The van der Waals surface area contributed by atoms with E-state index in [1.165, 1.54) is 0 Å².